The molecule has 1 aliphatic heterocycles. The van der Waals surface area contributed by atoms with Crippen LogP contribution in [-0.4, -0.2) is 23.5 Å². The molecule has 1 aliphatic rings. The van der Waals surface area contributed by atoms with Gasteiger partial charge in [-0.15, -0.1) is 0 Å². The van der Waals surface area contributed by atoms with Crippen LogP contribution in [0.25, 0.3) is 0 Å². The van der Waals surface area contributed by atoms with E-state index in [0.717, 1.165) is 10.5 Å². The average molecular weight is 291 g/mol. The van der Waals surface area contributed by atoms with E-state index < -0.39 is 0 Å². The van der Waals surface area contributed by atoms with Crippen molar-refractivity contribution in [3.63, 3.8) is 0 Å². The number of carbonyl (C=O) groups is 2. The summed E-state index contributed by atoms with van der Waals surface area (Å²) in [6.45, 7) is 1.64. The van der Waals surface area contributed by atoms with Gasteiger partial charge in [0.15, 0.2) is 0 Å². The third-order valence-electron chi connectivity index (χ3n) is 3.58. The maximum absolute atomic E-state index is 12.4. The monoisotopic (exact) mass is 291 g/mol. The van der Waals surface area contributed by atoms with Gasteiger partial charge in [0.25, 0.3) is 11.8 Å². The lowest BCUT2D eigenvalue weighted by Crippen LogP contribution is -2.29. The SMILES string of the molecule is Cc1ccc(N2C(=O)c3ccccc3C2=O)cc1C#CCO. The number of fused-ring (bicyclic) bond motifs is 1. The van der Waals surface area contributed by atoms with Crippen LogP contribution in [0.3, 0.4) is 0 Å². The van der Waals surface area contributed by atoms with Crippen molar-refractivity contribution < 1.29 is 14.7 Å². The molecule has 1 heterocycles. The van der Waals surface area contributed by atoms with Gasteiger partial charge in [-0.05, 0) is 36.8 Å². The van der Waals surface area contributed by atoms with E-state index in [9.17, 15) is 9.59 Å². The van der Waals surface area contributed by atoms with Crippen LogP contribution in [0.1, 0.15) is 31.8 Å². The minimum Gasteiger partial charge on any atom is -0.384 e. The third kappa shape index (κ3) is 2.18. The van der Waals surface area contributed by atoms with Gasteiger partial charge in [0.2, 0.25) is 0 Å². The predicted molar refractivity (Wildman–Crippen MR) is 82.7 cm³/mol. The summed E-state index contributed by atoms with van der Waals surface area (Å²) < 4.78 is 0. The molecule has 0 fully saturated rings. The molecule has 0 saturated heterocycles. The van der Waals surface area contributed by atoms with Crippen molar-refractivity contribution in [2.75, 3.05) is 11.5 Å². The number of aryl methyl sites for hydroxylation is 1. The van der Waals surface area contributed by atoms with Crippen LogP contribution in [0.15, 0.2) is 42.5 Å². The quantitative estimate of drug-likeness (QED) is 0.647. The fourth-order valence-corrected chi connectivity index (χ4v) is 2.44. The Bertz CT molecular complexity index is 808. The van der Waals surface area contributed by atoms with Crippen LogP contribution in [-0.2, 0) is 0 Å². The van der Waals surface area contributed by atoms with Gasteiger partial charge in [-0.25, -0.2) is 4.90 Å². The number of aliphatic hydroxyl groups is 1. The fourth-order valence-electron chi connectivity index (χ4n) is 2.44. The zero-order valence-corrected chi connectivity index (χ0v) is 12.0. The van der Waals surface area contributed by atoms with Gasteiger partial charge in [-0.1, -0.05) is 30.0 Å². The van der Waals surface area contributed by atoms with Gasteiger partial charge >= 0.3 is 0 Å². The standard InChI is InChI=1S/C18H13NO3/c1-12-8-9-14(11-13(12)5-4-10-20)19-17(21)15-6-2-3-7-16(15)18(19)22/h2-3,6-9,11,20H,10H2,1H3. The van der Waals surface area contributed by atoms with Crippen molar-refractivity contribution >= 4 is 17.5 Å². The highest BCUT2D eigenvalue weighted by Gasteiger charge is 2.36. The number of hydrogen-bond donors (Lipinski definition) is 1. The minimum absolute atomic E-state index is 0.239. The summed E-state index contributed by atoms with van der Waals surface area (Å²) in [5, 5.41) is 8.81. The Kier molecular flexibility index (Phi) is 3.50. The Morgan fingerprint density at radius 3 is 2.27 bits per heavy atom. The fraction of sp³-hybridized carbons (Fsp3) is 0.111. The van der Waals surface area contributed by atoms with Crippen LogP contribution in [0.2, 0.25) is 0 Å². The van der Waals surface area contributed by atoms with Gasteiger partial charge in [0.1, 0.15) is 6.61 Å². The van der Waals surface area contributed by atoms with Crippen LogP contribution in [0.5, 0.6) is 0 Å². The Hall–Kier alpha value is -2.90. The molecule has 2 aromatic rings. The number of rotatable bonds is 1. The molecule has 4 nitrogen and oxygen atoms in total. The first-order chi connectivity index (χ1) is 10.6. The lowest BCUT2D eigenvalue weighted by molar-refractivity contribution is 0.0926. The van der Waals surface area contributed by atoms with E-state index in [1.54, 1.807) is 42.5 Å². The summed E-state index contributed by atoms with van der Waals surface area (Å²) in [6, 6.07) is 12.0. The van der Waals surface area contributed by atoms with Gasteiger partial charge in [-0.2, -0.15) is 0 Å². The molecule has 0 atom stereocenters. The molecule has 2 aromatic carbocycles. The molecule has 0 radical (unpaired) electrons. The lowest BCUT2D eigenvalue weighted by atomic mass is 10.1. The van der Waals surface area contributed by atoms with Crippen molar-refractivity contribution in [1.82, 2.24) is 0 Å². The second kappa shape index (κ2) is 5.47. The molecule has 22 heavy (non-hydrogen) atoms. The molecule has 0 aromatic heterocycles. The van der Waals surface area contributed by atoms with Crippen molar-refractivity contribution in [3.05, 3.63) is 64.7 Å². The first-order valence-corrected chi connectivity index (χ1v) is 6.81. The predicted octanol–water partition coefficient (Wildman–Crippen LogP) is 2.14. The first-order valence-electron chi connectivity index (χ1n) is 6.81. The van der Waals surface area contributed by atoms with E-state index in [-0.39, 0.29) is 18.4 Å². The average Bonchev–Trinajstić information content (AvgIpc) is 2.79. The Morgan fingerprint density at radius 1 is 1.05 bits per heavy atom. The lowest BCUT2D eigenvalue weighted by Gasteiger charge is -2.15. The van der Waals surface area contributed by atoms with Crippen molar-refractivity contribution in [2.45, 2.75) is 6.92 Å². The minimum atomic E-state index is -0.328. The number of carbonyl (C=O) groups excluding carboxylic acids is 2. The van der Waals surface area contributed by atoms with Gasteiger partial charge in [0, 0.05) is 5.56 Å². The van der Waals surface area contributed by atoms with E-state index in [4.69, 9.17) is 5.11 Å². The first kappa shape index (κ1) is 14.1. The second-order valence-electron chi connectivity index (χ2n) is 4.95. The van der Waals surface area contributed by atoms with Crippen LogP contribution >= 0.6 is 0 Å². The number of anilines is 1. The maximum Gasteiger partial charge on any atom is 0.266 e. The van der Waals surface area contributed by atoms with Gasteiger partial charge in [0.05, 0.1) is 16.8 Å². The highest BCUT2D eigenvalue weighted by Crippen LogP contribution is 2.29. The molecular formula is C18H13NO3. The van der Waals surface area contributed by atoms with Crippen LogP contribution in [0.4, 0.5) is 5.69 Å². The number of nitrogens with zero attached hydrogens (tertiary/aromatic N) is 1. The molecule has 0 saturated carbocycles. The van der Waals surface area contributed by atoms with Crippen LogP contribution < -0.4 is 4.90 Å². The summed E-state index contributed by atoms with van der Waals surface area (Å²) in [6.07, 6.45) is 0. The number of benzene rings is 2. The molecule has 3 rings (SSSR count). The van der Waals surface area contributed by atoms with Gasteiger partial charge < -0.3 is 5.11 Å². The molecule has 0 aliphatic carbocycles. The zero-order chi connectivity index (χ0) is 15.7. The van der Waals surface area contributed by atoms with E-state index in [1.165, 1.54) is 0 Å². The summed E-state index contributed by atoms with van der Waals surface area (Å²) in [5.74, 6) is 4.75. The molecule has 108 valence electrons. The summed E-state index contributed by atoms with van der Waals surface area (Å²) in [5.41, 5.74) is 2.91. The van der Waals surface area contributed by atoms with Gasteiger partial charge in [-0.3, -0.25) is 9.59 Å². The molecule has 1 N–H and O–H groups in total. The van der Waals surface area contributed by atoms with E-state index >= 15 is 0 Å². The number of amides is 2. The summed E-state index contributed by atoms with van der Waals surface area (Å²) in [4.78, 5) is 26.1. The summed E-state index contributed by atoms with van der Waals surface area (Å²) in [7, 11) is 0. The Labute approximate surface area is 128 Å². The largest absolute Gasteiger partial charge is 0.384 e. The van der Waals surface area contributed by atoms with E-state index in [1.807, 2.05) is 6.92 Å². The maximum atomic E-state index is 12.4. The zero-order valence-electron chi connectivity index (χ0n) is 12.0. The highest BCUT2D eigenvalue weighted by molar-refractivity contribution is 6.34. The number of aliphatic hydroxyl groups excluding tert-OH is 1. The normalized spacial score (nSPS) is 12.9. The molecule has 0 unspecified atom stereocenters. The number of hydrogen-bond acceptors (Lipinski definition) is 3. The third-order valence-corrected chi connectivity index (χ3v) is 3.58. The summed E-state index contributed by atoms with van der Waals surface area (Å²) >= 11 is 0. The Balaban J connectivity index is 2.06. The topological polar surface area (TPSA) is 57.6 Å². The molecular weight excluding hydrogens is 278 g/mol. The van der Waals surface area contributed by atoms with E-state index in [2.05, 4.69) is 11.8 Å². The highest BCUT2D eigenvalue weighted by atomic mass is 16.2. The second-order valence-corrected chi connectivity index (χ2v) is 4.95. The molecule has 0 spiro atoms. The van der Waals surface area contributed by atoms with Crippen molar-refractivity contribution in [3.8, 4) is 11.8 Å². The molecule has 0 bridgehead atoms. The smallest absolute Gasteiger partial charge is 0.266 e. The van der Waals surface area contributed by atoms with Crippen LogP contribution in [0, 0.1) is 18.8 Å². The molecule has 2 amide bonds. The molecule has 4 heteroatoms. The van der Waals surface area contributed by atoms with E-state index in [0.29, 0.717) is 22.4 Å². The Morgan fingerprint density at radius 2 is 1.68 bits per heavy atom. The van der Waals surface area contributed by atoms with Crippen molar-refractivity contribution in [1.29, 1.82) is 0 Å². The van der Waals surface area contributed by atoms with Crippen molar-refractivity contribution in [2.24, 2.45) is 0 Å². The number of imide groups is 1.